The SMILES string of the molecule is COc1cccc(OC)c1Oc1ncc(CO)cn1. The van der Waals surface area contributed by atoms with Crippen LogP contribution in [0.1, 0.15) is 5.56 Å². The molecular formula is C13H14N2O4. The first-order valence-electron chi connectivity index (χ1n) is 5.59. The van der Waals surface area contributed by atoms with Gasteiger partial charge in [0.2, 0.25) is 5.75 Å². The Bertz CT molecular complexity index is 521. The molecule has 0 radical (unpaired) electrons. The van der Waals surface area contributed by atoms with Gasteiger partial charge in [-0.05, 0) is 12.1 Å². The molecule has 1 heterocycles. The molecule has 1 aromatic carbocycles. The minimum Gasteiger partial charge on any atom is -0.493 e. The molecule has 0 bridgehead atoms. The highest BCUT2D eigenvalue weighted by Gasteiger charge is 2.13. The van der Waals surface area contributed by atoms with Gasteiger partial charge in [0.15, 0.2) is 11.5 Å². The molecule has 0 atom stereocenters. The molecule has 0 fully saturated rings. The molecule has 100 valence electrons. The molecule has 0 spiro atoms. The van der Waals surface area contributed by atoms with E-state index >= 15 is 0 Å². The summed E-state index contributed by atoms with van der Waals surface area (Å²) >= 11 is 0. The van der Waals surface area contributed by atoms with Crippen molar-refractivity contribution < 1.29 is 19.3 Å². The summed E-state index contributed by atoms with van der Waals surface area (Å²) in [6.07, 6.45) is 2.98. The Hall–Kier alpha value is -2.34. The van der Waals surface area contributed by atoms with Crippen LogP contribution in [0.5, 0.6) is 23.3 Å². The maximum Gasteiger partial charge on any atom is 0.322 e. The van der Waals surface area contributed by atoms with E-state index in [-0.39, 0.29) is 12.6 Å². The second-order valence-electron chi connectivity index (χ2n) is 3.63. The van der Waals surface area contributed by atoms with E-state index in [2.05, 4.69) is 9.97 Å². The fraction of sp³-hybridized carbons (Fsp3) is 0.231. The quantitative estimate of drug-likeness (QED) is 0.885. The third-order valence-corrected chi connectivity index (χ3v) is 2.44. The monoisotopic (exact) mass is 262 g/mol. The number of nitrogens with zero attached hydrogens (tertiary/aromatic N) is 2. The number of para-hydroxylation sites is 1. The van der Waals surface area contributed by atoms with Crippen molar-refractivity contribution in [1.29, 1.82) is 0 Å². The van der Waals surface area contributed by atoms with E-state index in [9.17, 15) is 0 Å². The first-order chi connectivity index (χ1) is 9.28. The van der Waals surface area contributed by atoms with Crippen molar-refractivity contribution in [1.82, 2.24) is 9.97 Å². The summed E-state index contributed by atoms with van der Waals surface area (Å²) in [6.45, 7) is -0.113. The Morgan fingerprint density at radius 3 is 2.11 bits per heavy atom. The number of methoxy groups -OCH3 is 2. The molecule has 2 aromatic rings. The first kappa shape index (κ1) is 13.1. The summed E-state index contributed by atoms with van der Waals surface area (Å²) in [5, 5.41) is 8.92. The molecule has 19 heavy (non-hydrogen) atoms. The zero-order chi connectivity index (χ0) is 13.7. The van der Waals surface area contributed by atoms with Crippen molar-refractivity contribution in [3.8, 4) is 23.3 Å². The highest BCUT2D eigenvalue weighted by Crippen LogP contribution is 2.38. The van der Waals surface area contributed by atoms with Crippen LogP contribution in [0.3, 0.4) is 0 Å². The van der Waals surface area contributed by atoms with Gasteiger partial charge >= 0.3 is 6.01 Å². The third kappa shape index (κ3) is 2.92. The molecule has 2 rings (SSSR count). The molecule has 1 aromatic heterocycles. The van der Waals surface area contributed by atoms with E-state index in [0.29, 0.717) is 22.8 Å². The Balaban J connectivity index is 2.30. The van der Waals surface area contributed by atoms with Gasteiger partial charge in [-0.15, -0.1) is 0 Å². The van der Waals surface area contributed by atoms with Crippen LogP contribution in [-0.2, 0) is 6.61 Å². The van der Waals surface area contributed by atoms with Crippen LogP contribution in [0.25, 0.3) is 0 Å². The minimum atomic E-state index is -0.113. The zero-order valence-corrected chi connectivity index (χ0v) is 10.7. The van der Waals surface area contributed by atoms with Crippen LogP contribution >= 0.6 is 0 Å². The van der Waals surface area contributed by atoms with E-state index in [1.165, 1.54) is 26.6 Å². The number of aliphatic hydroxyl groups is 1. The van der Waals surface area contributed by atoms with Gasteiger partial charge in [0, 0.05) is 18.0 Å². The summed E-state index contributed by atoms with van der Waals surface area (Å²) in [5.74, 6) is 1.45. The van der Waals surface area contributed by atoms with Gasteiger partial charge in [0.25, 0.3) is 0 Å². The van der Waals surface area contributed by atoms with Crippen molar-refractivity contribution in [2.75, 3.05) is 14.2 Å². The molecule has 0 aliphatic carbocycles. The molecule has 0 saturated carbocycles. The van der Waals surface area contributed by atoms with Crippen LogP contribution < -0.4 is 14.2 Å². The normalized spacial score (nSPS) is 10.1. The number of benzene rings is 1. The van der Waals surface area contributed by atoms with E-state index in [4.69, 9.17) is 19.3 Å². The summed E-state index contributed by atoms with van der Waals surface area (Å²) in [5.41, 5.74) is 0.611. The average Bonchev–Trinajstić information content (AvgIpc) is 2.48. The molecular weight excluding hydrogens is 248 g/mol. The number of aliphatic hydroxyl groups excluding tert-OH is 1. The second-order valence-corrected chi connectivity index (χ2v) is 3.63. The summed E-state index contributed by atoms with van der Waals surface area (Å²) in [6, 6.07) is 5.44. The number of ether oxygens (including phenoxy) is 3. The Labute approximate surface area is 110 Å². The van der Waals surface area contributed by atoms with Crippen molar-refractivity contribution in [2.45, 2.75) is 6.61 Å². The fourth-order valence-electron chi connectivity index (χ4n) is 1.49. The van der Waals surface area contributed by atoms with Gasteiger partial charge in [0.05, 0.1) is 20.8 Å². The smallest absolute Gasteiger partial charge is 0.322 e. The maximum absolute atomic E-state index is 8.92. The van der Waals surface area contributed by atoms with Gasteiger partial charge in [-0.2, -0.15) is 0 Å². The second kappa shape index (κ2) is 6.01. The van der Waals surface area contributed by atoms with Crippen molar-refractivity contribution in [2.24, 2.45) is 0 Å². The summed E-state index contributed by atoms with van der Waals surface area (Å²) in [4.78, 5) is 7.98. The lowest BCUT2D eigenvalue weighted by molar-refractivity contribution is 0.280. The van der Waals surface area contributed by atoms with Crippen LogP contribution in [-0.4, -0.2) is 29.3 Å². The van der Waals surface area contributed by atoms with Gasteiger partial charge in [-0.3, -0.25) is 0 Å². The lowest BCUT2D eigenvalue weighted by atomic mass is 10.3. The molecule has 1 N–H and O–H groups in total. The highest BCUT2D eigenvalue weighted by atomic mass is 16.5. The molecule has 0 aliphatic heterocycles. The lowest BCUT2D eigenvalue weighted by Crippen LogP contribution is -1.98. The Kier molecular flexibility index (Phi) is 4.15. The fourth-order valence-corrected chi connectivity index (χ4v) is 1.49. The predicted octanol–water partition coefficient (Wildman–Crippen LogP) is 1.78. The van der Waals surface area contributed by atoms with Crippen LogP contribution in [0.15, 0.2) is 30.6 Å². The van der Waals surface area contributed by atoms with Gasteiger partial charge in [-0.1, -0.05) is 6.07 Å². The van der Waals surface area contributed by atoms with E-state index < -0.39 is 0 Å². The largest absolute Gasteiger partial charge is 0.493 e. The standard InChI is InChI=1S/C13H14N2O4/c1-17-10-4-3-5-11(18-2)12(10)19-13-14-6-9(8-16)7-15-13/h3-7,16H,8H2,1-2H3. The van der Waals surface area contributed by atoms with E-state index in [1.54, 1.807) is 18.2 Å². The van der Waals surface area contributed by atoms with E-state index in [0.717, 1.165) is 0 Å². The predicted molar refractivity (Wildman–Crippen MR) is 67.6 cm³/mol. The topological polar surface area (TPSA) is 73.7 Å². The summed E-state index contributed by atoms with van der Waals surface area (Å²) in [7, 11) is 3.08. The zero-order valence-electron chi connectivity index (χ0n) is 10.7. The number of hydrogen-bond donors (Lipinski definition) is 1. The van der Waals surface area contributed by atoms with Gasteiger partial charge in [0.1, 0.15) is 0 Å². The first-order valence-corrected chi connectivity index (χ1v) is 5.59. The molecule has 6 heteroatoms. The molecule has 0 amide bonds. The Morgan fingerprint density at radius 1 is 1.05 bits per heavy atom. The molecule has 0 aliphatic rings. The number of aromatic nitrogens is 2. The lowest BCUT2D eigenvalue weighted by Gasteiger charge is -2.12. The van der Waals surface area contributed by atoms with Gasteiger partial charge < -0.3 is 19.3 Å². The van der Waals surface area contributed by atoms with Crippen molar-refractivity contribution >= 4 is 0 Å². The average molecular weight is 262 g/mol. The minimum absolute atomic E-state index is 0.113. The van der Waals surface area contributed by atoms with Crippen molar-refractivity contribution in [3.05, 3.63) is 36.2 Å². The molecule has 0 unspecified atom stereocenters. The van der Waals surface area contributed by atoms with Crippen LogP contribution in [0.4, 0.5) is 0 Å². The summed E-state index contributed by atoms with van der Waals surface area (Å²) < 4.78 is 16.0. The van der Waals surface area contributed by atoms with Crippen molar-refractivity contribution in [3.63, 3.8) is 0 Å². The molecule has 6 nitrogen and oxygen atoms in total. The van der Waals surface area contributed by atoms with Gasteiger partial charge in [-0.25, -0.2) is 9.97 Å². The molecule has 0 saturated heterocycles. The maximum atomic E-state index is 8.92. The van der Waals surface area contributed by atoms with Crippen LogP contribution in [0, 0.1) is 0 Å². The third-order valence-electron chi connectivity index (χ3n) is 2.44. The number of hydrogen-bond acceptors (Lipinski definition) is 6. The highest BCUT2D eigenvalue weighted by molar-refractivity contribution is 5.52. The van der Waals surface area contributed by atoms with E-state index in [1.807, 2.05) is 0 Å². The number of rotatable bonds is 5. The van der Waals surface area contributed by atoms with Crippen LogP contribution in [0.2, 0.25) is 0 Å². The Morgan fingerprint density at radius 2 is 1.63 bits per heavy atom.